The Morgan fingerprint density at radius 1 is 1.45 bits per heavy atom. The van der Waals surface area contributed by atoms with Crippen molar-refractivity contribution >= 4 is 12.0 Å². The highest BCUT2D eigenvalue weighted by Gasteiger charge is 2.34. The summed E-state index contributed by atoms with van der Waals surface area (Å²) < 4.78 is 4.86. The summed E-state index contributed by atoms with van der Waals surface area (Å²) in [5.74, 6) is -0.572. The summed E-state index contributed by atoms with van der Waals surface area (Å²) >= 11 is 0. The molecule has 2 amide bonds. The number of urea groups is 1. The van der Waals surface area contributed by atoms with Crippen LogP contribution in [-0.2, 0) is 9.53 Å². The number of amides is 2. The Kier molecular flexibility index (Phi) is 5.80. The molecule has 0 aliphatic carbocycles. The predicted octanol–water partition coefficient (Wildman–Crippen LogP) is 1.55. The number of hydrogen-bond donors (Lipinski definition) is 2. The third kappa shape index (κ3) is 4.67. The van der Waals surface area contributed by atoms with Gasteiger partial charge in [0.05, 0.1) is 0 Å². The zero-order valence-electron chi connectivity index (χ0n) is 12.8. The van der Waals surface area contributed by atoms with Gasteiger partial charge in [0.15, 0.2) is 0 Å². The van der Waals surface area contributed by atoms with Crippen LogP contribution in [0.4, 0.5) is 4.79 Å². The summed E-state index contributed by atoms with van der Waals surface area (Å²) in [7, 11) is 1.51. The molecule has 0 radical (unpaired) electrons. The van der Waals surface area contributed by atoms with Crippen LogP contribution in [-0.4, -0.2) is 54.9 Å². The molecule has 1 saturated heterocycles. The van der Waals surface area contributed by atoms with Gasteiger partial charge in [0, 0.05) is 33.2 Å². The molecule has 1 aliphatic heterocycles. The average molecular weight is 286 g/mol. The molecule has 1 fully saturated rings. The van der Waals surface area contributed by atoms with Gasteiger partial charge in [-0.1, -0.05) is 20.8 Å². The first-order valence-electron chi connectivity index (χ1n) is 7.03. The summed E-state index contributed by atoms with van der Waals surface area (Å²) in [6.07, 6.45) is 1.24. The molecular weight excluding hydrogens is 260 g/mol. The van der Waals surface area contributed by atoms with E-state index < -0.39 is 12.0 Å². The maximum atomic E-state index is 12.1. The molecule has 0 bridgehead atoms. The van der Waals surface area contributed by atoms with E-state index in [0.717, 1.165) is 6.42 Å². The van der Waals surface area contributed by atoms with E-state index in [-0.39, 0.29) is 17.9 Å². The fourth-order valence-corrected chi connectivity index (χ4v) is 2.39. The molecule has 1 aliphatic rings. The molecule has 2 atom stereocenters. The molecule has 6 nitrogen and oxygen atoms in total. The molecular formula is C14H26N2O4. The molecule has 1 rings (SSSR count). The number of nitrogens with one attached hydrogen (secondary N) is 1. The van der Waals surface area contributed by atoms with Crippen molar-refractivity contribution in [2.75, 3.05) is 26.8 Å². The molecule has 0 saturated carbocycles. The highest BCUT2D eigenvalue weighted by atomic mass is 16.5. The zero-order chi connectivity index (χ0) is 15.3. The third-order valence-corrected chi connectivity index (χ3v) is 3.91. The number of nitrogens with zero attached hydrogens (tertiary/aromatic N) is 1. The highest BCUT2D eigenvalue weighted by molar-refractivity contribution is 5.82. The van der Waals surface area contributed by atoms with E-state index in [0.29, 0.717) is 25.6 Å². The van der Waals surface area contributed by atoms with E-state index in [4.69, 9.17) is 9.84 Å². The van der Waals surface area contributed by atoms with Gasteiger partial charge in [-0.2, -0.15) is 0 Å². The van der Waals surface area contributed by atoms with Gasteiger partial charge in [-0.3, -0.25) is 0 Å². The first-order chi connectivity index (χ1) is 9.25. The summed E-state index contributed by atoms with van der Waals surface area (Å²) in [5, 5.41) is 11.7. The van der Waals surface area contributed by atoms with Crippen molar-refractivity contribution < 1.29 is 19.4 Å². The monoisotopic (exact) mass is 286 g/mol. The van der Waals surface area contributed by atoms with Crippen LogP contribution >= 0.6 is 0 Å². The first-order valence-corrected chi connectivity index (χ1v) is 7.03. The first kappa shape index (κ1) is 16.8. The second-order valence-electron chi connectivity index (χ2n) is 6.42. The second kappa shape index (κ2) is 6.92. The summed E-state index contributed by atoms with van der Waals surface area (Å²) in [4.78, 5) is 24.9. The molecule has 2 N–H and O–H groups in total. The Morgan fingerprint density at radius 2 is 2.10 bits per heavy atom. The lowest BCUT2D eigenvalue weighted by molar-refractivity contribution is -0.139. The van der Waals surface area contributed by atoms with Crippen LogP contribution in [0.5, 0.6) is 0 Å². The molecule has 0 aromatic carbocycles. The zero-order valence-corrected chi connectivity index (χ0v) is 12.8. The minimum atomic E-state index is -1.03. The summed E-state index contributed by atoms with van der Waals surface area (Å²) in [6, 6.07) is -1.18. The van der Waals surface area contributed by atoms with Gasteiger partial charge >= 0.3 is 12.0 Å². The average Bonchev–Trinajstić information content (AvgIpc) is 2.83. The Hall–Kier alpha value is -1.30. The van der Waals surface area contributed by atoms with Gasteiger partial charge in [0.25, 0.3) is 0 Å². The number of carbonyl (C=O) groups excluding carboxylic acids is 1. The van der Waals surface area contributed by atoms with Crippen LogP contribution in [0.15, 0.2) is 0 Å². The Morgan fingerprint density at radius 3 is 2.55 bits per heavy atom. The number of methoxy groups -OCH3 is 1. The van der Waals surface area contributed by atoms with Crippen LogP contribution in [0, 0.1) is 11.3 Å². The smallest absolute Gasteiger partial charge is 0.326 e. The van der Waals surface area contributed by atoms with Crippen molar-refractivity contribution in [3.8, 4) is 0 Å². The second-order valence-corrected chi connectivity index (χ2v) is 6.42. The molecule has 0 aromatic rings. The molecule has 2 unspecified atom stereocenters. The Labute approximate surface area is 120 Å². The van der Waals surface area contributed by atoms with Gasteiger partial charge < -0.3 is 20.1 Å². The third-order valence-electron chi connectivity index (χ3n) is 3.91. The van der Waals surface area contributed by atoms with Crippen molar-refractivity contribution in [2.45, 2.75) is 39.7 Å². The van der Waals surface area contributed by atoms with E-state index >= 15 is 0 Å². The Balaban J connectivity index is 2.52. The van der Waals surface area contributed by atoms with Crippen molar-refractivity contribution in [3.05, 3.63) is 0 Å². The number of carboxylic acid groups (broad SMARTS) is 1. The van der Waals surface area contributed by atoms with Gasteiger partial charge in [-0.25, -0.2) is 9.59 Å². The van der Waals surface area contributed by atoms with Crippen LogP contribution in [0.25, 0.3) is 0 Å². The lowest BCUT2D eigenvalue weighted by atomic mass is 9.80. The minimum absolute atomic E-state index is 0.164. The maximum Gasteiger partial charge on any atom is 0.326 e. The lowest BCUT2D eigenvalue weighted by Crippen LogP contribution is -2.47. The Bertz CT molecular complexity index is 352. The molecule has 116 valence electrons. The lowest BCUT2D eigenvalue weighted by Gasteiger charge is -2.27. The summed E-state index contributed by atoms with van der Waals surface area (Å²) in [5.41, 5.74) is 0.164. The molecule has 0 spiro atoms. The normalized spacial score (nSPS) is 20.8. The van der Waals surface area contributed by atoms with E-state index in [2.05, 4.69) is 26.1 Å². The number of carbonyl (C=O) groups is 2. The standard InChI is InChI=1S/C14H26N2O4/c1-14(2,3)10-5-7-16(9-10)13(19)15-11(12(17)18)6-8-20-4/h10-11H,5-9H2,1-4H3,(H,15,19)(H,17,18). The molecule has 1 heterocycles. The molecule has 20 heavy (non-hydrogen) atoms. The van der Waals surface area contributed by atoms with Gasteiger partial charge in [-0.15, -0.1) is 0 Å². The maximum absolute atomic E-state index is 12.1. The van der Waals surface area contributed by atoms with Crippen LogP contribution in [0.1, 0.15) is 33.6 Å². The van der Waals surface area contributed by atoms with E-state index in [1.165, 1.54) is 7.11 Å². The van der Waals surface area contributed by atoms with E-state index in [1.54, 1.807) is 4.90 Å². The van der Waals surface area contributed by atoms with E-state index in [1.807, 2.05) is 0 Å². The van der Waals surface area contributed by atoms with Crippen LogP contribution in [0.3, 0.4) is 0 Å². The fourth-order valence-electron chi connectivity index (χ4n) is 2.39. The number of ether oxygens (including phenoxy) is 1. The SMILES string of the molecule is COCCC(NC(=O)N1CCC(C(C)(C)C)C1)C(=O)O. The number of aliphatic carboxylic acids is 1. The van der Waals surface area contributed by atoms with Gasteiger partial charge in [-0.05, 0) is 17.8 Å². The van der Waals surface area contributed by atoms with Crippen molar-refractivity contribution in [3.63, 3.8) is 0 Å². The minimum Gasteiger partial charge on any atom is -0.480 e. The predicted molar refractivity (Wildman–Crippen MR) is 75.6 cm³/mol. The number of hydrogen-bond acceptors (Lipinski definition) is 3. The van der Waals surface area contributed by atoms with E-state index in [9.17, 15) is 9.59 Å². The van der Waals surface area contributed by atoms with Crippen molar-refractivity contribution in [2.24, 2.45) is 11.3 Å². The van der Waals surface area contributed by atoms with Crippen molar-refractivity contribution in [1.29, 1.82) is 0 Å². The van der Waals surface area contributed by atoms with Crippen LogP contribution < -0.4 is 5.32 Å². The number of likely N-dealkylation sites (tertiary alicyclic amines) is 1. The fraction of sp³-hybridized carbons (Fsp3) is 0.857. The number of rotatable bonds is 5. The topological polar surface area (TPSA) is 78.9 Å². The molecule has 6 heteroatoms. The van der Waals surface area contributed by atoms with Gasteiger partial charge in [0.2, 0.25) is 0 Å². The van der Waals surface area contributed by atoms with Crippen LogP contribution in [0.2, 0.25) is 0 Å². The molecule has 0 aromatic heterocycles. The summed E-state index contributed by atoms with van der Waals surface area (Å²) in [6.45, 7) is 8.17. The largest absolute Gasteiger partial charge is 0.480 e. The quantitative estimate of drug-likeness (QED) is 0.804. The van der Waals surface area contributed by atoms with Gasteiger partial charge in [0.1, 0.15) is 6.04 Å². The number of carboxylic acids is 1. The highest BCUT2D eigenvalue weighted by Crippen LogP contribution is 2.33. The van der Waals surface area contributed by atoms with Crippen molar-refractivity contribution in [1.82, 2.24) is 10.2 Å².